The van der Waals surface area contributed by atoms with Crippen molar-refractivity contribution >= 4 is 15.9 Å². The van der Waals surface area contributed by atoms with E-state index in [0.717, 1.165) is 6.42 Å². The Morgan fingerprint density at radius 3 is 2.94 bits per heavy atom. The van der Waals surface area contributed by atoms with Gasteiger partial charge in [0.2, 0.25) is 10.0 Å². The summed E-state index contributed by atoms with van der Waals surface area (Å²) in [5.74, 6) is -0.102. The first kappa shape index (κ1) is 12.0. The molecule has 0 radical (unpaired) electrons. The molecule has 1 fully saturated rings. The zero-order valence-electron chi connectivity index (χ0n) is 9.20. The van der Waals surface area contributed by atoms with Crippen LogP contribution in [0.1, 0.15) is 12.8 Å². The second-order valence-electron chi connectivity index (χ2n) is 3.92. The summed E-state index contributed by atoms with van der Waals surface area (Å²) in [5.41, 5.74) is 5.42. The summed E-state index contributed by atoms with van der Waals surface area (Å²) >= 11 is 0. The summed E-state index contributed by atoms with van der Waals surface area (Å²) in [6.45, 7) is 0.404. The highest BCUT2D eigenvalue weighted by Crippen LogP contribution is 2.25. The highest BCUT2D eigenvalue weighted by atomic mass is 32.2. The molecule has 2 heterocycles. The predicted octanol–water partition coefficient (Wildman–Crippen LogP) is 0.171. The van der Waals surface area contributed by atoms with Gasteiger partial charge in [0.15, 0.2) is 0 Å². The van der Waals surface area contributed by atoms with Crippen molar-refractivity contribution in [3.8, 4) is 0 Å². The third kappa shape index (κ3) is 2.16. The van der Waals surface area contributed by atoms with Crippen LogP contribution in [0.3, 0.4) is 0 Å². The van der Waals surface area contributed by atoms with Gasteiger partial charge in [0.25, 0.3) is 0 Å². The van der Waals surface area contributed by atoms with Crippen molar-refractivity contribution in [3.63, 3.8) is 0 Å². The first-order valence-electron chi connectivity index (χ1n) is 5.29. The van der Waals surface area contributed by atoms with E-state index < -0.39 is 16.1 Å². The molecule has 1 unspecified atom stereocenters. The average molecular weight is 254 g/mol. The molecule has 1 aromatic heterocycles. The summed E-state index contributed by atoms with van der Waals surface area (Å²) < 4.78 is 25.9. The quantitative estimate of drug-likeness (QED) is 0.593. The summed E-state index contributed by atoms with van der Waals surface area (Å²) in [4.78, 5) is 3.95. The van der Waals surface area contributed by atoms with Crippen LogP contribution in [-0.2, 0) is 10.0 Å². The summed E-state index contributed by atoms with van der Waals surface area (Å²) in [6, 6.07) is 2.56. The molecule has 1 aromatic rings. The number of amidine groups is 1. The molecule has 17 heavy (non-hydrogen) atoms. The van der Waals surface area contributed by atoms with Crippen molar-refractivity contribution in [1.82, 2.24) is 9.29 Å². The monoisotopic (exact) mass is 254 g/mol. The van der Waals surface area contributed by atoms with Crippen LogP contribution in [0.2, 0.25) is 0 Å². The molecule has 6 nitrogen and oxygen atoms in total. The molecule has 0 saturated carbocycles. The Morgan fingerprint density at radius 1 is 1.59 bits per heavy atom. The lowest BCUT2D eigenvalue weighted by Gasteiger charge is -2.22. The zero-order chi connectivity index (χ0) is 12.5. The Kier molecular flexibility index (Phi) is 3.12. The van der Waals surface area contributed by atoms with Gasteiger partial charge >= 0.3 is 0 Å². The number of hydrogen-bond donors (Lipinski definition) is 2. The van der Waals surface area contributed by atoms with Gasteiger partial charge in [-0.3, -0.25) is 10.4 Å². The standard InChI is InChI=1S/C10H14N4O2S/c11-10(12)9-4-2-6-14(9)17(15,16)8-3-1-5-13-7-8/h1,3,5,7,9H,2,4,6H2,(H3,11,12). The van der Waals surface area contributed by atoms with Gasteiger partial charge in [-0.2, -0.15) is 4.31 Å². The number of rotatable bonds is 3. The van der Waals surface area contributed by atoms with Crippen molar-refractivity contribution in [2.45, 2.75) is 23.8 Å². The topological polar surface area (TPSA) is 100 Å². The minimum atomic E-state index is -3.58. The largest absolute Gasteiger partial charge is 0.386 e. The second kappa shape index (κ2) is 4.42. The molecule has 2 rings (SSSR count). The van der Waals surface area contributed by atoms with Gasteiger partial charge < -0.3 is 5.73 Å². The third-order valence-corrected chi connectivity index (χ3v) is 4.70. The molecule has 1 aliphatic rings. The van der Waals surface area contributed by atoms with E-state index in [2.05, 4.69) is 4.98 Å². The minimum Gasteiger partial charge on any atom is -0.386 e. The van der Waals surface area contributed by atoms with Crippen LogP contribution in [0.5, 0.6) is 0 Å². The number of sulfonamides is 1. The smallest absolute Gasteiger partial charge is 0.245 e. The fourth-order valence-corrected chi connectivity index (χ4v) is 3.61. The van der Waals surface area contributed by atoms with E-state index in [9.17, 15) is 8.42 Å². The minimum absolute atomic E-state index is 0.102. The van der Waals surface area contributed by atoms with Gasteiger partial charge in [0.1, 0.15) is 10.7 Å². The maximum absolute atomic E-state index is 12.3. The van der Waals surface area contributed by atoms with Crippen LogP contribution >= 0.6 is 0 Å². The van der Waals surface area contributed by atoms with Crippen LogP contribution in [0.15, 0.2) is 29.4 Å². The van der Waals surface area contributed by atoms with Gasteiger partial charge in [0, 0.05) is 18.9 Å². The maximum atomic E-state index is 12.3. The van der Waals surface area contributed by atoms with E-state index in [0.29, 0.717) is 13.0 Å². The lowest BCUT2D eigenvalue weighted by atomic mass is 10.2. The number of aromatic nitrogens is 1. The Bertz CT molecular complexity index is 514. The maximum Gasteiger partial charge on any atom is 0.245 e. The lowest BCUT2D eigenvalue weighted by molar-refractivity contribution is 0.443. The van der Waals surface area contributed by atoms with Crippen LogP contribution in [0, 0.1) is 5.41 Å². The van der Waals surface area contributed by atoms with Crippen molar-refractivity contribution in [1.29, 1.82) is 5.41 Å². The van der Waals surface area contributed by atoms with Crippen molar-refractivity contribution in [2.24, 2.45) is 5.73 Å². The van der Waals surface area contributed by atoms with E-state index in [1.54, 1.807) is 6.07 Å². The molecular formula is C10H14N4O2S. The predicted molar refractivity (Wildman–Crippen MR) is 63.1 cm³/mol. The third-order valence-electron chi connectivity index (χ3n) is 2.80. The fraction of sp³-hybridized carbons (Fsp3) is 0.400. The van der Waals surface area contributed by atoms with Gasteiger partial charge in [-0.25, -0.2) is 8.42 Å². The SMILES string of the molecule is N=C(N)C1CCCN1S(=O)(=O)c1cccnc1. The highest BCUT2D eigenvalue weighted by molar-refractivity contribution is 7.89. The molecule has 0 amide bonds. The normalized spacial score (nSPS) is 21.5. The van der Waals surface area contributed by atoms with Crippen LogP contribution < -0.4 is 5.73 Å². The summed E-state index contributed by atoms with van der Waals surface area (Å²) in [7, 11) is -3.58. The van der Waals surface area contributed by atoms with Crippen LogP contribution in [-0.4, -0.2) is 36.1 Å². The summed E-state index contributed by atoms with van der Waals surface area (Å²) in [6.07, 6.45) is 4.16. The van der Waals surface area contributed by atoms with Gasteiger partial charge in [-0.1, -0.05) is 0 Å². The molecule has 3 N–H and O–H groups in total. The van der Waals surface area contributed by atoms with Crippen LogP contribution in [0.4, 0.5) is 0 Å². The second-order valence-corrected chi connectivity index (χ2v) is 5.81. The van der Waals surface area contributed by atoms with E-state index in [4.69, 9.17) is 11.1 Å². The van der Waals surface area contributed by atoms with E-state index in [1.807, 2.05) is 0 Å². The number of nitrogens with one attached hydrogen (secondary N) is 1. The van der Waals surface area contributed by atoms with Gasteiger partial charge in [0.05, 0.1) is 6.04 Å². The van der Waals surface area contributed by atoms with E-state index >= 15 is 0 Å². The number of nitrogens with two attached hydrogens (primary N) is 1. The molecule has 0 spiro atoms. The Hall–Kier alpha value is -1.47. The van der Waals surface area contributed by atoms with Gasteiger partial charge in [-0.15, -0.1) is 0 Å². The van der Waals surface area contributed by atoms with Crippen molar-refractivity contribution in [3.05, 3.63) is 24.5 Å². The van der Waals surface area contributed by atoms with Crippen molar-refractivity contribution in [2.75, 3.05) is 6.54 Å². The van der Waals surface area contributed by atoms with E-state index in [1.165, 1.54) is 22.8 Å². The summed E-state index contributed by atoms with van der Waals surface area (Å²) in [5, 5.41) is 7.42. The Balaban J connectivity index is 2.37. The Labute approximate surface area is 100 Å². The molecule has 1 aliphatic heterocycles. The van der Waals surface area contributed by atoms with Crippen molar-refractivity contribution < 1.29 is 8.42 Å². The average Bonchev–Trinajstić information content (AvgIpc) is 2.80. The van der Waals surface area contributed by atoms with E-state index in [-0.39, 0.29) is 10.7 Å². The number of pyridine rings is 1. The Morgan fingerprint density at radius 2 is 2.35 bits per heavy atom. The molecule has 0 bridgehead atoms. The molecule has 0 aliphatic carbocycles. The molecule has 7 heteroatoms. The first-order valence-corrected chi connectivity index (χ1v) is 6.73. The van der Waals surface area contributed by atoms with Gasteiger partial charge in [-0.05, 0) is 25.0 Å². The number of nitrogens with zero attached hydrogens (tertiary/aromatic N) is 2. The number of hydrogen-bond acceptors (Lipinski definition) is 4. The lowest BCUT2D eigenvalue weighted by Crippen LogP contribution is -2.43. The zero-order valence-corrected chi connectivity index (χ0v) is 10.0. The molecule has 1 atom stereocenters. The molecule has 92 valence electrons. The molecular weight excluding hydrogens is 240 g/mol. The first-order chi connectivity index (χ1) is 8.03. The highest BCUT2D eigenvalue weighted by Gasteiger charge is 2.36. The van der Waals surface area contributed by atoms with Crippen LogP contribution in [0.25, 0.3) is 0 Å². The fourth-order valence-electron chi connectivity index (χ4n) is 1.97. The molecule has 1 saturated heterocycles. The molecule has 0 aromatic carbocycles.